The van der Waals surface area contributed by atoms with Crippen LogP contribution in [0.3, 0.4) is 0 Å². The van der Waals surface area contributed by atoms with Gasteiger partial charge < -0.3 is 112 Å². The third kappa shape index (κ3) is 20.6. The normalized spacial score (nSPS) is 11.1. The summed E-state index contributed by atoms with van der Waals surface area (Å²) in [5, 5.41) is 229. The fourth-order valence-electron chi connectivity index (χ4n) is 16.6. The van der Waals surface area contributed by atoms with E-state index in [9.17, 15) is 112 Å². The summed E-state index contributed by atoms with van der Waals surface area (Å²) in [5.41, 5.74) is 14.9. The Balaban J connectivity index is 0.000000135. The zero-order valence-corrected chi connectivity index (χ0v) is 70.8. The largest absolute Gasteiger partial charge is 0.508 e. The van der Waals surface area contributed by atoms with Crippen molar-refractivity contribution in [3.8, 4) is 126 Å². The predicted octanol–water partition coefficient (Wildman–Crippen LogP) is 20.8. The van der Waals surface area contributed by atoms with Gasteiger partial charge in [0.2, 0.25) is 0 Å². The van der Waals surface area contributed by atoms with Crippen molar-refractivity contribution in [2.45, 2.75) is 64.2 Å². The lowest BCUT2D eigenvalue weighted by Crippen LogP contribution is -2.02. The molecule has 0 saturated carbocycles. The van der Waals surface area contributed by atoms with Crippen molar-refractivity contribution >= 4 is 43.1 Å². The average molecular weight is 1770 g/mol. The highest BCUT2D eigenvalue weighted by Crippen LogP contribution is 2.50. The highest BCUT2D eigenvalue weighted by Gasteiger charge is 2.27. The average Bonchev–Trinajstić information content (AvgIpc) is 0.747. The number of rotatable bonds is 20. The number of hydrogen-bond donors (Lipinski definition) is 22. The van der Waals surface area contributed by atoms with Gasteiger partial charge in [-0.3, -0.25) is 0 Å². The monoisotopic (exact) mass is 1760 g/mol. The zero-order valence-electron chi connectivity index (χ0n) is 70.8. The second-order valence-corrected chi connectivity index (χ2v) is 32.6. The maximum Gasteiger partial charge on any atom is 0.166 e. The Bertz CT molecular complexity index is 7110. The highest BCUT2D eigenvalue weighted by atomic mass is 16.3. The first-order chi connectivity index (χ1) is 63.4. The lowest BCUT2D eigenvalue weighted by Gasteiger charge is -2.20. The Morgan fingerprint density at radius 2 is 0.402 bits per heavy atom. The molecule has 18 rings (SSSR count). The van der Waals surface area contributed by atoms with Crippen LogP contribution in [0.4, 0.5) is 0 Å². The van der Waals surface area contributed by atoms with Crippen LogP contribution in [0.1, 0.15) is 111 Å². The van der Waals surface area contributed by atoms with Gasteiger partial charge in [0.05, 0.1) is 0 Å². The first-order valence-corrected chi connectivity index (χ1v) is 42.0. The minimum absolute atomic E-state index is 0.0158. The smallest absolute Gasteiger partial charge is 0.166 e. The van der Waals surface area contributed by atoms with Crippen LogP contribution in [0.25, 0.3) is 43.1 Å². The number of phenols is 22. The fourth-order valence-corrected chi connectivity index (χ4v) is 16.6. The first-order valence-electron chi connectivity index (χ1n) is 42.0. The summed E-state index contributed by atoms with van der Waals surface area (Å²) in [6.45, 7) is 0. The van der Waals surface area contributed by atoms with E-state index in [4.69, 9.17) is 0 Å². The number of fused-ring (bicyclic) bond motifs is 4. The van der Waals surface area contributed by atoms with Crippen LogP contribution in [0.2, 0.25) is 0 Å². The van der Waals surface area contributed by atoms with Gasteiger partial charge in [-0.1, -0.05) is 133 Å². The lowest BCUT2D eigenvalue weighted by atomic mass is 9.86. The Labute approximate surface area is 756 Å². The number of phenolic OH excluding ortho intramolecular Hbond substituents is 22. The SMILES string of the molecule is Oc1ccc(Cc2c(O)c(O)c3c(Cc4ccc(O)cc4)c(O)ccc3c2Cc2cccc(O)c2)cc1.Oc1ccc(Cc2cc(O)c(O)c3c(Cc4ccc(O)cc4)c(O)ccc23)cc1.Oc1ccc(Cc2cc3c(Cc4ccc(O)cc4)cc(O)c(O)c3cc2O)cc1.Oc1ccc(Cc2cc3c(Cc4cccc(O)c4)c(Cc4ccc(O)cc4)c(O)c(O)c3cc2O)cc1. The van der Waals surface area contributed by atoms with Gasteiger partial charge in [-0.2, -0.15) is 0 Å². The molecule has 0 fully saturated rings. The molecule has 22 nitrogen and oxygen atoms in total. The van der Waals surface area contributed by atoms with E-state index >= 15 is 0 Å². The van der Waals surface area contributed by atoms with Gasteiger partial charge in [0.15, 0.2) is 46.0 Å². The topological polar surface area (TPSA) is 445 Å². The van der Waals surface area contributed by atoms with E-state index in [2.05, 4.69) is 0 Å². The molecule has 0 spiro atoms. The van der Waals surface area contributed by atoms with Crippen molar-refractivity contribution in [1.29, 1.82) is 0 Å². The molecule has 0 amide bonds. The van der Waals surface area contributed by atoms with Gasteiger partial charge in [-0.05, 0) is 306 Å². The number of aromatic hydroxyl groups is 22. The molecule has 0 aliphatic rings. The molecule has 18 aromatic rings. The van der Waals surface area contributed by atoms with E-state index in [1.54, 1.807) is 255 Å². The third-order valence-electron chi connectivity index (χ3n) is 23.4. The van der Waals surface area contributed by atoms with Crippen molar-refractivity contribution in [1.82, 2.24) is 0 Å². The van der Waals surface area contributed by atoms with Crippen LogP contribution in [0, 0.1) is 0 Å². The molecule has 0 aliphatic carbocycles. The number of benzene rings is 18. The molecule has 0 radical (unpaired) electrons. The molecular weight excluding hydrogens is 1670 g/mol. The quantitative estimate of drug-likeness (QED) is 0.0315. The van der Waals surface area contributed by atoms with Crippen LogP contribution in [-0.2, 0) is 64.2 Å². The molecule has 22 heteroatoms. The van der Waals surface area contributed by atoms with Gasteiger partial charge in [-0.25, -0.2) is 0 Å². The van der Waals surface area contributed by atoms with E-state index in [0.29, 0.717) is 111 Å². The van der Waals surface area contributed by atoms with E-state index in [1.165, 1.54) is 24.3 Å². The third-order valence-corrected chi connectivity index (χ3v) is 23.4. The van der Waals surface area contributed by atoms with Crippen molar-refractivity contribution in [2.24, 2.45) is 0 Å². The van der Waals surface area contributed by atoms with Gasteiger partial charge in [0.25, 0.3) is 0 Å². The molecule has 0 aromatic heterocycles. The summed E-state index contributed by atoms with van der Waals surface area (Å²) >= 11 is 0. The van der Waals surface area contributed by atoms with Crippen molar-refractivity contribution in [3.05, 3.63) is 415 Å². The maximum absolute atomic E-state index is 11.3. The van der Waals surface area contributed by atoms with E-state index in [-0.39, 0.29) is 146 Å². The molecule has 18 aromatic carbocycles. The van der Waals surface area contributed by atoms with Gasteiger partial charge in [-0.15, -0.1) is 0 Å². The molecule has 0 aliphatic heterocycles. The Morgan fingerprint density at radius 1 is 0.129 bits per heavy atom. The van der Waals surface area contributed by atoms with Gasteiger partial charge >= 0.3 is 0 Å². The molecule has 0 saturated heterocycles. The van der Waals surface area contributed by atoms with Gasteiger partial charge in [0, 0.05) is 82.3 Å². The summed E-state index contributed by atoms with van der Waals surface area (Å²) in [4.78, 5) is 0. The molecular formula is C110H92O22. The predicted molar refractivity (Wildman–Crippen MR) is 505 cm³/mol. The van der Waals surface area contributed by atoms with Crippen LogP contribution in [0.5, 0.6) is 126 Å². The van der Waals surface area contributed by atoms with Crippen LogP contribution in [-0.4, -0.2) is 112 Å². The van der Waals surface area contributed by atoms with Crippen LogP contribution >= 0.6 is 0 Å². The standard InChI is InChI=1S/2C31H26O6.2C24H20O5/c32-22-8-4-18(5-9-22)12-21-16-26-25(15-20-2-1-3-24(34)13-20)27(14-19-6-10-23(33)11-7-19)30(36)31(37)28(26)17-29(21)35;32-21-8-4-18(5-9-21)15-26-25(17-20-2-1-3-23(34)14-20)24-12-13-28(35)27(29(24)31(37)30(26)36)16-19-6-10-22(33)11-7-19;25-18-5-1-14(2-6-18)9-16-12-23(28)24(29)21-13-22(27)17(11-20(16)21)10-15-3-7-19(26)8-4-15;25-17-5-1-14(2-6-17)11-16-13-22(28)24(29)23-19(16)9-10-21(27)20(23)12-15-3-7-18(26)8-4-15/h1-11,13,16-17,32-37H,12,14-15H2;1-14,32-37H,15-17H2;1-8,11-13,25-29H,9-10H2;1-10,13,25-29H,11-12H2. The second kappa shape index (κ2) is 38.8. The Morgan fingerprint density at radius 3 is 0.758 bits per heavy atom. The first kappa shape index (κ1) is 89.4. The van der Waals surface area contributed by atoms with Gasteiger partial charge in [0.1, 0.15) is 80.5 Å². The molecule has 0 unspecified atom stereocenters. The van der Waals surface area contributed by atoms with Crippen molar-refractivity contribution < 1.29 is 112 Å². The van der Waals surface area contributed by atoms with E-state index in [0.717, 1.165) is 88.7 Å². The zero-order chi connectivity index (χ0) is 93.3. The molecule has 22 N–H and O–H groups in total. The summed E-state index contributed by atoms with van der Waals surface area (Å²) in [7, 11) is 0. The summed E-state index contributed by atoms with van der Waals surface area (Å²) in [5.74, 6) is -0.851. The van der Waals surface area contributed by atoms with Crippen LogP contribution < -0.4 is 0 Å². The maximum atomic E-state index is 11.3. The highest BCUT2D eigenvalue weighted by molar-refractivity contribution is 6.01. The summed E-state index contributed by atoms with van der Waals surface area (Å²) < 4.78 is 0. The van der Waals surface area contributed by atoms with Crippen LogP contribution in [0.15, 0.2) is 303 Å². The molecule has 132 heavy (non-hydrogen) atoms. The minimum Gasteiger partial charge on any atom is -0.508 e. The van der Waals surface area contributed by atoms with Crippen molar-refractivity contribution in [3.63, 3.8) is 0 Å². The molecule has 0 bridgehead atoms. The Hall–Kier alpha value is -17.4. The Kier molecular flexibility index (Phi) is 26.3. The molecule has 0 heterocycles. The van der Waals surface area contributed by atoms with Crippen molar-refractivity contribution in [2.75, 3.05) is 0 Å². The fraction of sp³-hybridized carbons (Fsp3) is 0.0909. The molecule has 0 atom stereocenters. The van der Waals surface area contributed by atoms with E-state index < -0.39 is 0 Å². The molecule has 664 valence electrons. The number of hydrogen-bond acceptors (Lipinski definition) is 22. The summed E-state index contributed by atoms with van der Waals surface area (Å²) in [6, 6.07) is 83.4. The lowest BCUT2D eigenvalue weighted by molar-refractivity contribution is 0.403. The second-order valence-electron chi connectivity index (χ2n) is 32.6. The summed E-state index contributed by atoms with van der Waals surface area (Å²) in [6.07, 6.45) is 3.67. The van der Waals surface area contributed by atoms with E-state index in [1.807, 2.05) is 24.3 Å². The minimum atomic E-state index is -0.326.